The Hall–Kier alpha value is -0.800. The molecule has 1 fully saturated rings. The minimum Gasteiger partial charge on any atom is -0.314 e. The molecule has 2 rings (SSSR count). The zero-order valence-electron chi connectivity index (χ0n) is 9.94. The summed E-state index contributed by atoms with van der Waals surface area (Å²) in [7, 11) is 0. The molecule has 3 nitrogen and oxygen atoms in total. The standard InChI is InChI=1S/C13H19ClN2O/c14-10-11-4-3-5-12(11)15-7-9-16-8-2-1-6-13(16)17/h1-2,6,8,11-12,15H,3-5,7,9-10H2. The third-order valence-electron chi connectivity index (χ3n) is 3.52. The summed E-state index contributed by atoms with van der Waals surface area (Å²) in [6.07, 6.45) is 5.53. The van der Waals surface area contributed by atoms with Crippen LogP contribution < -0.4 is 10.9 Å². The molecule has 1 aromatic rings. The van der Waals surface area contributed by atoms with E-state index >= 15 is 0 Å². The predicted octanol–water partition coefficient (Wildman–Crippen LogP) is 1.85. The first kappa shape index (κ1) is 12.7. The van der Waals surface area contributed by atoms with Gasteiger partial charge in [0.15, 0.2) is 0 Å². The van der Waals surface area contributed by atoms with Gasteiger partial charge in [0, 0.05) is 37.3 Å². The Bertz CT molecular complexity index is 404. The van der Waals surface area contributed by atoms with Gasteiger partial charge in [0.05, 0.1) is 0 Å². The van der Waals surface area contributed by atoms with Gasteiger partial charge in [-0.3, -0.25) is 4.79 Å². The van der Waals surface area contributed by atoms with Crippen molar-refractivity contribution in [3.8, 4) is 0 Å². The molecule has 4 heteroatoms. The Morgan fingerprint density at radius 2 is 2.29 bits per heavy atom. The van der Waals surface area contributed by atoms with E-state index in [1.807, 2.05) is 12.3 Å². The van der Waals surface area contributed by atoms with E-state index in [0.29, 0.717) is 12.0 Å². The normalized spacial score (nSPS) is 24.1. The van der Waals surface area contributed by atoms with Gasteiger partial charge in [-0.05, 0) is 24.8 Å². The molecule has 1 aliphatic rings. The second-order valence-corrected chi connectivity index (χ2v) is 4.95. The highest BCUT2D eigenvalue weighted by Crippen LogP contribution is 2.26. The minimum atomic E-state index is 0.0645. The molecule has 1 heterocycles. The Balaban J connectivity index is 1.80. The van der Waals surface area contributed by atoms with E-state index in [2.05, 4.69) is 5.32 Å². The van der Waals surface area contributed by atoms with Crippen LogP contribution in [0.3, 0.4) is 0 Å². The van der Waals surface area contributed by atoms with Gasteiger partial charge in [-0.1, -0.05) is 12.5 Å². The zero-order chi connectivity index (χ0) is 12.1. The molecule has 1 aromatic heterocycles. The number of nitrogens with zero attached hydrogens (tertiary/aromatic N) is 1. The first-order valence-corrected chi connectivity index (χ1v) is 6.79. The second kappa shape index (κ2) is 6.22. The monoisotopic (exact) mass is 254 g/mol. The molecule has 1 N–H and O–H groups in total. The van der Waals surface area contributed by atoms with Crippen LogP contribution >= 0.6 is 11.6 Å². The van der Waals surface area contributed by atoms with Crippen molar-refractivity contribution < 1.29 is 0 Å². The van der Waals surface area contributed by atoms with E-state index in [0.717, 1.165) is 19.0 Å². The van der Waals surface area contributed by atoms with Crippen molar-refractivity contribution in [1.82, 2.24) is 9.88 Å². The number of aromatic nitrogens is 1. The lowest BCUT2D eigenvalue weighted by atomic mass is 10.1. The molecule has 0 amide bonds. The van der Waals surface area contributed by atoms with Gasteiger partial charge in [0.25, 0.3) is 5.56 Å². The molecule has 1 saturated carbocycles. The van der Waals surface area contributed by atoms with Crippen molar-refractivity contribution in [3.05, 3.63) is 34.7 Å². The molecule has 0 aliphatic heterocycles. The Kier molecular flexibility index (Phi) is 4.63. The van der Waals surface area contributed by atoms with Crippen molar-refractivity contribution >= 4 is 11.6 Å². The molecule has 0 bridgehead atoms. The van der Waals surface area contributed by atoms with Gasteiger partial charge in [-0.25, -0.2) is 0 Å². The maximum atomic E-state index is 11.5. The molecule has 0 aromatic carbocycles. The first-order chi connectivity index (χ1) is 8.31. The molecular weight excluding hydrogens is 236 g/mol. The fraction of sp³-hybridized carbons (Fsp3) is 0.615. The van der Waals surface area contributed by atoms with Crippen molar-refractivity contribution in [1.29, 1.82) is 0 Å². The van der Waals surface area contributed by atoms with Gasteiger partial charge >= 0.3 is 0 Å². The number of hydrogen-bond acceptors (Lipinski definition) is 2. The van der Waals surface area contributed by atoms with Crippen LogP contribution in [-0.4, -0.2) is 23.0 Å². The summed E-state index contributed by atoms with van der Waals surface area (Å²) in [4.78, 5) is 11.5. The number of halogens is 1. The number of pyridine rings is 1. The van der Waals surface area contributed by atoms with Crippen molar-refractivity contribution in [3.63, 3.8) is 0 Å². The number of nitrogens with one attached hydrogen (secondary N) is 1. The third kappa shape index (κ3) is 3.33. The topological polar surface area (TPSA) is 34.0 Å². The Morgan fingerprint density at radius 1 is 1.41 bits per heavy atom. The maximum absolute atomic E-state index is 11.5. The van der Waals surface area contributed by atoms with Crippen molar-refractivity contribution in [2.45, 2.75) is 31.8 Å². The quantitative estimate of drug-likeness (QED) is 0.814. The summed E-state index contributed by atoms with van der Waals surface area (Å²) >= 11 is 5.93. The molecule has 2 unspecified atom stereocenters. The highest BCUT2D eigenvalue weighted by molar-refractivity contribution is 6.18. The third-order valence-corrected chi connectivity index (χ3v) is 3.91. The van der Waals surface area contributed by atoms with Crippen LogP contribution in [0.1, 0.15) is 19.3 Å². The number of alkyl halides is 1. The number of hydrogen-bond donors (Lipinski definition) is 1. The van der Waals surface area contributed by atoms with E-state index in [1.54, 1.807) is 16.7 Å². The summed E-state index contributed by atoms with van der Waals surface area (Å²) in [5.74, 6) is 1.34. The minimum absolute atomic E-state index is 0.0645. The van der Waals surface area contributed by atoms with Crippen LogP contribution in [0.4, 0.5) is 0 Å². The lowest BCUT2D eigenvalue weighted by Crippen LogP contribution is -2.36. The van der Waals surface area contributed by atoms with Crippen molar-refractivity contribution in [2.75, 3.05) is 12.4 Å². The number of rotatable bonds is 5. The lowest BCUT2D eigenvalue weighted by Gasteiger charge is -2.19. The average Bonchev–Trinajstić information content (AvgIpc) is 2.79. The predicted molar refractivity (Wildman–Crippen MR) is 70.6 cm³/mol. The Morgan fingerprint density at radius 3 is 3.06 bits per heavy atom. The van der Waals surface area contributed by atoms with Gasteiger partial charge < -0.3 is 9.88 Å². The van der Waals surface area contributed by atoms with Crippen LogP contribution in [0.2, 0.25) is 0 Å². The SMILES string of the molecule is O=c1ccccn1CCNC1CCCC1CCl. The smallest absolute Gasteiger partial charge is 0.250 e. The molecular formula is C13H19ClN2O. The summed E-state index contributed by atoms with van der Waals surface area (Å²) < 4.78 is 1.73. The molecule has 94 valence electrons. The van der Waals surface area contributed by atoms with E-state index in [4.69, 9.17) is 11.6 Å². The van der Waals surface area contributed by atoms with Crippen LogP contribution in [0.5, 0.6) is 0 Å². The van der Waals surface area contributed by atoms with Crippen LogP contribution in [0, 0.1) is 5.92 Å². The van der Waals surface area contributed by atoms with Gasteiger partial charge in [0.2, 0.25) is 0 Å². The molecule has 1 aliphatic carbocycles. The van der Waals surface area contributed by atoms with Gasteiger partial charge in [0.1, 0.15) is 0 Å². The molecule has 2 atom stereocenters. The lowest BCUT2D eigenvalue weighted by molar-refractivity contribution is 0.418. The van der Waals surface area contributed by atoms with E-state index in [1.165, 1.54) is 19.3 Å². The van der Waals surface area contributed by atoms with E-state index in [9.17, 15) is 4.79 Å². The van der Waals surface area contributed by atoms with Crippen LogP contribution in [-0.2, 0) is 6.54 Å². The van der Waals surface area contributed by atoms with Crippen LogP contribution in [0.25, 0.3) is 0 Å². The highest BCUT2D eigenvalue weighted by Gasteiger charge is 2.25. The summed E-state index contributed by atoms with van der Waals surface area (Å²) in [6, 6.07) is 5.79. The molecule has 17 heavy (non-hydrogen) atoms. The van der Waals surface area contributed by atoms with Crippen LogP contribution in [0.15, 0.2) is 29.2 Å². The summed E-state index contributed by atoms with van der Waals surface area (Å²) in [6.45, 7) is 1.56. The second-order valence-electron chi connectivity index (χ2n) is 4.64. The largest absolute Gasteiger partial charge is 0.314 e. The van der Waals surface area contributed by atoms with E-state index in [-0.39, 0.29) is 5.56 Å². The summed E-state index contributed by atoms with van der Waals surface area (Å²) in [5, 5.41) is 3.51. The highest BCUT2D eigenvalue weighted by atomic mass is 35.5. The fourth-order valence-corrected chi connectivity index (χ4v) is 2.88. The zero-order valence-corrected chi connectivity index (χ0v) is 10.7. The molecule has 0 spiro atoms. The van der Waals surface area contributed by atoms with Gasteiger partial charge in [-0.15, -0.1) is 11.6 Å². The van der Waals surface area contributed by atoms with E-state index < -0.39 is 0 Å². The average molecular weight is 255 g/mol. The Labute approximate surface area is 107 Å². The summed E-state index contributed by atoms with van der Waals surface area (Å²) in [5.41, 5.74) is 0.0645. The maximum Gasteiger partial charge on any atom is 0.250 e. The van der Waals surface area contributed by atoms with Crippen molar-refractivity contribution in [2.24, 2.45) is 5.92 Å². The van der Waals surface area contributed by atoms with Gasteiger partial charge in [-0.2, -0.15) is 0 Å². The molecule has 0 saturated heterocycles. The first-order valence-electron chi connectivity index (χ1n) is 6.26. The fourth-order valence-electron chi connectivity index (χ4n) is 2.51. The molecule has 0 radical (unpaired) electrons.